The summed E-state index contributed by atoms with van der Waals surface area (Å²) in [5, 5.41) is 3.34. The maximum absolute atomic E-state index is 12.7. The van der Waals surface area contributed by atoms with E-state index in [2.05, 4.69) is 22.1 Å². The largest absolute Gasteiger partial charge is 0.378 e. The van der Waals surface area contributed by atoms with Gasteiger partial charge in [-0.25, -0.2) is 0 Å². The lowest BCUT2D eigenvalue weighted by Gasteiger charge is -2.29. The third-order valence-corrected chi connectivity index (χ3v) is 4.30. The molecule has 1 aliphatic rings. The zero-order valence-corrected chi connectivity index (χ0v) is 13.9. The van der Waals surface area contributed by atoms with Crippen LogP contribution in [0.1, 0.15) is 30.1 Å². The van der Waals surface area contributed by atoms with E-state index in [9.17, 15) is 9.59 Å². The minimum Gasteiger partial charge on any atom is -0.378 e. The molecule has 6 nitrogen and oxygen atoms in total. The van der Waals surface area contributed by atoms with Gasteiger partial charge in [-0.2, -0.15) is 0 Å². The second kappa shape index (κ2) is 7.49. The summed E-state index contributed by atoms with van der Waals surface area (Å²) in [6, 6.07) is 5.74. The van der Waals surface area contributed by atoms with Crippen LogP contribution in [-0.2, 0) is 4.74 Å². The summed E-state index contributed by atoms with van der Waals surface area (Å²) in [5.41, 5.74) is 1.66. The summed E-state index contributed by atoms with van der Waals surface area (Å²) in [5.74, 6) is -0.316. The molecule has 2 N–H and O–H groups in total. The number of ether oxygens (including phenoxy) is 1. The van der Waals surface area contributed by atoms with Crippen LogP contribution in [-0.4, -0.2) is 43.7 Å². The summed E-state index contributed by atoms with van der Waals surface area (Å²) in [4.78, 5) is 30.2. The monoisotopic (exact) mass is 329 g/mol. The molecule has 0 spiro atoms. The van der Waals surface area contributed by atoms with Crippen molar-refractivity contribution in [1.29, 1.82) is 0 Å². The summed E-state index contributed by atoms with van der Waals surface area (Å²) in [6.45, 7) is 5.63. The number of H-pyrrole nitrogens is 1. The molecule has 2 heterocycles. The molecule has 0 radical (unpaired) electrons. The smallest absolute Gasteiger partial charge is 0.256 e. The zero-order chi connectivity index (χ0) is 16.9. The van der Waals surface area contributed by atoms with Gasteiger partial charge in [0.05, 0.1) is 13.2 Å². The van der Waals surface area contributed by atoms with Gasteiger partial charge in [0, 0.05) is 42.4 Å². The molecule has 1 saturated heterocycles. The van der Waals surface area contributed by atoms with E-state index in [1.807, 2.05) is 18.2 Å². The standard InChI is InChI=1S/C18H23N3O3/c1-2-3-6-19-18(23)15-12-20-16-5-4-13(11-14(16)17(15)22)21-7-9-24-10-8-21/h4-5,11-12H,2-3,6-10H2,1H3,(H,19,23)(H,20,22). The van der Waals surface area contributed by atoms with Crippen LogP contribution in [0.2, 0.25) is 0 Å². The molecular weight excluding hydrogens is 306 g/mol. The second-order valence-corrected chi connectivity index (χ2v) is 5.97. The van der Waals surface area contributed by atoms with E-state index in [0.29, 0.717) is 25.1 Å². The Morgan fingerprint density at radius 3 is 2.88 bits per heavy atom. The van der Waals surface area contributed by atoms with E-state index in [-0.39, 0.29) is 16.9 Å². The number of nitrogens with one attached hydrogen (secondary N) is 2. The molecule has 3 rings (SSSR count). The summed E-state index contributed by atoms with van der Waals surface area (Å²) in [7, 11) is 0. The van der Waals surface area contributed by atoms with Crippen LogP contribution in [0.3, 0.4) is 0 Å². The number of benzene rings is 1. The van der Waals surface area contributed by atoms with Gasteiger partial charge in [-0.1, -0.05) is 13.3 Å². The van der Waals surface area contributed by atoms with Gasteiger partial charge in [-0.15, -0.1) is 0 Å². The average molecular weight is 329 g/mol. The summed E-state index contributed by atoms with van der Waals surface area (Å²) in [6.07, 6.45) is 3.40. The number of aromatic nitrogens is 1. The maximum atomic E-state index is 12.7. The Balaban J connectivity index is 1.91. The number of pyridine rings is 1. The van der Waals surface area contributed by atoms with Crippen LogP contribution >= 0.6 is 0 Å². The van der Waals surface area contributed by atoms with Gasteiger partial charge >= 0.3 is 0 Å². The van der Waals surface area contributed by atoms with E-state index in [1.54, 1.807) is 0 Å². The van der Waals surface area contributed by atoms with Gasteiger partial charge in [-0.3, -0.25) is 9.59 Å². The van der Waals surface area contributed by atoms with E-state index in [0.717, 1.165) is 37.1 Å². The van der Waals surface area contributed by atoms with Crippen LogP contribution in [0.25, 0.3) is 10.9 Å². The Labute approximate surface area is 140 Å². The molecule has 1 aliphatic heterocycles. The number of nitrogens with zero attached hydrogens (tertiary/aromatic N) is 1. The molecule has 0 saturated carbocycles. The molecule has 1 aromatic heterocycles. The summed E-state index contributed by atoms with van der Waals surface area (Å²) < 4.78 is 5.37. The van der Waals surface area contributed by atoms with Crippen molar-refractivity contribution < 1.29 is 9.53 Å². The first-order chi connectivity index (χ1) is 11.7. The van der Waals surface area contributed by atoms with Crippen molar-refractivity contribution in [3.8, 4) is 0 Å². The maximum Gasteiger partial charge on any atom is 0.256 e. The molecule has 0 bridgehead atoms. The fourth-order valence-corrected chi connectivity index (χ4v) is 2.87. The zero-order valence-electron chi connectivity index (χ0n) is 13.9. The van der Waals surface area contributed by atoms with Crippen molar-refractivity contribution in [2.75, 3.05) is 37.7 Å². The highest BCUT2D eigenvalue weighted by molar-refractivity contribution is 5.97. The number of hydrogen-bond donors (Lipinski definition) is 2. The normalized spacial score (nSPS) is 14.8. The van der Waals surface area contributed by atoms with Crippen LogP contribution in [0.5, 0.6) is 0 Å². The fourth-order valence-electron chi connectivity index (χ4n) is 2.87. The molecule has 2 aromatic rings. The number of rotatable bonds is 5. The van der Waals surface area contributed by atoms with E-state index in [1.165, 1.54) is 6.20 Å². The third kappa shape index (κ3) is 3.43. The Bertz CT molecular complexity index is 779. The number of hydrogen-bond acceptors (Lipinski definition) is 4. The number of unbranched alkanes of at least 4 members (excludes halogenated alkanes) is 1. The predicted molar refractivity (Wildman–Crippen MR) is 94.8 cm³/mol. The highest BCUT2D eigenvalue weighted by atomic mass is 16.5. The van der Waals surface area contributed by atoms with E-state index < -0.39 is 0 Å². The first kappa shape index (κ1) is 16.5. The predicted octanol–water partition coefficient (Wildman–Crippen LogP) is 1.89. The Kier molecular flexibility index (Phi) is 5.15. The van der Waals surface area contributed by atoms with Crippen molar-refractivity contribution in [1.82, 2.24) is 10.3 Å². The molecule has 1 fully saturated rings. The number of carbonyl (C=O) groups is 1. The van der Waals surface area contributed by atoms with Gasteiger partial charge in [0.2, 0.25) is 5.43 Å². The van der Waals surface area contributed by atoms with Crippen molar-refractivity contribution in [2.24, 2.45) is 0 Å². The number of morpholine rings is 1. The molecule has 1 aromatic carbocycles. The lowest BCUT2D eigenvalue weighted by atomic mass is 10.1. The number of fused-ring (bicyclic) bond motifs is 1. The van der Waals surface area contributed by atoms with Gasteiger partial charge in [-0.05, 0) is 24.6 Å². The molecular formula is C18H23N3O3. The minimum absolute atomic E-state index is 0.165. The Morgan fingerprint density at radius 2 is 2.12 bits per heavy atom. The van der Waals surface area contributed by atoms with Crippen LogP contribution in [0.15, 0.2) is 29.2 Å². The number of carbonyl (C=O) groups excluding carboxylic acids is 1. The number of anilines is 1. The van der Waals surface area contributed by atoms with Crippen LogP contribution in [0.4, 0.5) is 5.69 Å². The third-order valence-electron chi connectivity index (χ3n) is 4.30. The first-order valence-electron chi connectivity index (χ1n) is 8.47. The number of amides is 1. The first-order valence-corrected chi connectivity index (χ1v) is 8.47. The highest BCUT2D eigenvalue weighted by Gasteiger charge is 2.15. The fraction of sp³-hybridized carbons (Fsp3) is 0.444. The molecule has 0 aliphatic carbocycles. The molecule has 6 heteroatoms. The van der Waals surface area contributed by atoms with Gasteiger partial charge < -0.3 is 19.9 Å². The van der Waals surface area contributed by atoms with Crippen molar-refractivity contribution in [3.05, 3.63) is 40.2 Å². The van der Waals surface area contributed by atoms with E-state index in [4.69, 9.17) is 4.74 Å². The van der Waals surface area contributed by atoms with Crippen molar-refractivity contribution in [2.45, 2.75) is 19.8 Å². The summed E-state index contributed by atoms with van der Waals surface area (Å²) >= 11 is 0. The van der Waals surface area contributed by atoms with Crippen molar-refractivity contribution in [3.63, 3.8) is 0 Å². The lowest BCUT2D eigenvalue weighted by molar-refractivity contribution is 0.0952. The topological polar surface area (TPSA) is 74.4 Å². The van der Waals surface area contributed by atoms with Gasteiger partial charge in [0.25, 0.3) is 5.91 Å². The SMILES string of the molecule is CCCCNC(=O)c1c[nH]c2ccc(N3CCOCC3)cc2c1=O. The Morgan fingerprint density at radius 1 is 1.33 bits per heavy atom. The van der Waals surface area contributed by atoms with E-state index >= 15 is 0 Å². The lowest BCUT2D eigenvalue weighted by Crippen LogP contribution is -2.36. The van der Waals surface area contributed by atoms with Gasteiger partial charge in [0.1, 0.15) is 5.56 Å². The second-order valence-electron chi connectivity index (χ2n) is 5.97. The van der Waals surface area contributed by atoms with Crippen LogP contribution < -0.4 is 15.6 Å². The average Bonchev–Trinajstić information content (AvgIpc) is 2.63. The molecule has 0 unspecified atom stereocenters. The van der Waals surface area contributed by atoms with Gasteiger partial charge in [0.15, 0.2) is 0 Å². The molecule has 24 heavy (non-hydrogen) atoms. The highest BCUT2D eigenvalue weighted by Crippen LogP contribution is 2.20. The van der Waals surface area contributed by atoms with Crippen molar-refractivity contribution >= 4 is 22.5 Å². The Hall–Kier alpha value is -2.34. The molecule has 128 valence electrons. The molecule has 0 atom stereocenters. The molecule has 1 amide bonds. The minimum atomic E-state index is -0.316. The number of aromatic amines is 1. The van der Waals surface area contributed by atoms with Crippen LogP contribution in [0, 0.1) is 0 Å². The quantitative estimate of drug-likeness (QED) is 0.822.